The van der Waals surface area contributed by atoms with Gasteiger partial charge in [0.25, 0.3) is 0 Å². The van der Waals surface area contributed by atoms with E-state index in [1.54, 1.807) is 0 Å². The molecule has 2 fully saturated rings. The lowest BCUT2D eigenvalue weighted by Gasteiger charge is -2.32. The van der Waals surface area contributed by atoms with E-state index in [4.69, 9.17) is 5.73 Å². The molecule has 2 aliphatic heterocycles. The summed E-state index contributed by atoms with van der Waals surface area (Å²) >= 11 is 0. The van der Waals surface area contributed by atoms with Gasteiger partial charge in [-0.3, -0.25) is 4.90 Å². The largest absolute Gasteiger partial charge is 0.396 e. The summed E-state index contributed by atoms with van der Waals surface area (Å²) in [7, 11) is -3.66. The number of nitrogen functional groups attached to an aromatic ring is 1. The number of nitrogens with one attached hydrogen (secondary N) is 1. The summed E-state index contributed by atoms with van der Waals surface area (Å²) in [5.74, 6) is -0.603. The predicted molar refractivity (Wildman–Crippen MR) is 78.8 cm³/mol. The molecule has 2 saturated heterocycles. The van der Waals surface area contributed by atoms with E-state index in [9.17, 15) is 12.8 Å². The Morgan fingerprint density at radius 1 is 1.24 bits per heavy atom. The van der Waals surface area contributed by atoms with Crippen LogP contribution < -0.4 is 10.5 Å². The van der Waals surface area contributed by atoms with Crippen LogP contribution in [0.25, 0.3) is 0 Å². The number of benzene rings is 1. The van der Waals surface area contributed by atoms with Crippen molar-refractivity contribution in [3.8, 4) is 0 Å². The molecule has 21 heavy (non-hydrogen) atoms. The maximum atomic E-state index is 13.2. The topological polar surface area (TPSA) is 75.4 Å². The molecular weight excluding hydrogens is 293 g/mol. The minimum atomic E-state index is -3.66. The predicted octanol–water partition coefficient (Wildman–Crippen LogP) is 1.31. The summed E-state index contributed by atoms with van der Waals surface area (Å²) in [4.78, 5) is 2.38. The van der Waals surface area contributed by atoms with Gasteiger partial charge in [-0.1, -0.05) is 6.42 Å². The molecular formula is C14H20FN3O2S. The van der Waals surface area contributed by atoms with E-state index in [2.05, 4.69) is 9.62 Å². The van der Waals surface area contributed by atoms with E-state index in [1.807, 2.05) is 0 Å². The molecule has 2 unspecified atom stereocenters. The van der Waals surface area contributed by atoms with Gasteiger partial charge in [0.1, 0.15) is 5.82 Å². The van der Waals surface area contributed by atoms with Crippen LogP contribution in [-0.4, -0.2) is 38.5 Å². The third-order valence-electron chi connectivity index (χ3n) is 4.44. The fourth-order valence-corrected chi connectivity index (χ4v) is 4.68. The van der Waals surface area contributed by atoms with Gasteiger partial charge in [-0.2, -0.15) is 0 Å². The van der Waals surface area contributed by atoms with Gasteiger partial charge in [0.05, 0.1) is 10.6 Å². The van der Waals surface area contributed by atoms with Crippen molar-refractivity contribution in [3.05, 3.63) is 24.0 Å². The smallest absolute Gasteiger partial charge is 0.240 e. The van der Waals surface area contributed by atoms with Gasteiger partial charge in [0.2, 0.25) is 10.0 Å². The van der Waals surface area contributed by atoms with Crippen molar-refractivity contribution in [2.75, 3.05) is 18.8 Å². The second-order valence-electron chi connectivity index (χ2n) is 5.80. The number of nitrogens with two attached hydrogens (primary N) is 1. The van der Waals surface area contributed by atoms with Crippen molar-refractivity contribution >= 4 is 15.7 Å². The molecule has 0 amide bonds. The van der Waals surface area contributed by atoms with Crippen molar-refractivity contribution in [2.45, 2.75) is 42.7 Å². The Bertz CT molecular complexity index is 635. The van der Waals surface area contributed by atoms with Crippen LogP contribution in [0, 0.1) is 5.82 Å². The molecule has 0 saturated carbocycles. The molecule has 116 valence electrons. The number of hydrogen-bond acceptors (Lipinski definition) is 4. The van der Waals surface area contributed by atoms with Crippen LogP contribution in [0.5, 0.6) is 0 Å². The number of fused-ring (bicyclic) bond motifs is 1. The van der Waals surface area contributed by atoms with Crippen molar-refractivity contribution in [2.24, 2.45) is 0 Å². The van der Waals surface area contributed by atoms with Gasteiger partial charge in [-0.25, -0.2) is 17.5 Å². The van der Waals surface area contributed by atoms with Crippen LogP contribution in [-0.2, 0) is 10.0 Å². The zero-order valence-electron chi connectivity index (χ0n) is 11.8. The highest BCUT2D eigenvalue weighted by Gasteiger charge is 2.37. The molecule has 7 heteroatoms. The average Bonchev–Trinajstić information content (AvgIpc) is 2.85. The number of halogens is 1. The summed E-state index contributed by atoms with van der Waals surface area (Å²) in [5.41, 5.74) is 5.31. The van der Waals surface area contributed by atoms with Crippen LogP contribution >= 0.6 is 0 Å². The molecule has 5 nitrogen and oxygen atoms in total. The normalized spacial score (nSPS) is 26.7. The Morgan fingerprint density at radius 2 is 2.05 bits per heavy atom. The van der Waals surface area contributed by atoms with Crippen LogP contribution in [0.2, 0.25) is 0 Å². The first kappa shape index (κ1) is 14.7. The lowest BCUT2D eigenvalue weighted by molar-refractivity contribution is 0.186. The molecule has 3 rings (SSSR count). The van der Waals surface area contributed by atoms with E-state index < -0.39 is 15.8 Å². The lowest BCUT2D eigenvalue weighted by atomic mass is 10.00. The highest BCUT2D eigenvalue weighted by Crippen LogP contribution is 2.28. The van der Waals surface area contributed by atoms with Gasteiger partial charge in [0.15, 0.2) is 0 Å². The summed E-state index contributed by atoms with van der Waals surface area (Å²) < 4.78 is 40.8. The zero-order chi connectivity index (χ0) is 15.0. The van der Waals surface area contributed by atoms with Crippen molar-refractivity contribution in [1.29, 1.82) is 0 Å². The maximum Gasteiger partial charge on any atom is 0.240 e. The van der Waals surface area contributed by atoms with Gasteiger partial charge in [0, 0.05) is 18.6 Å². The Morgan fingerprint density at radius 3 is 2.81 bits per heavy atom. The van der Waals surface area contributed by atoms with Crippen LogP contribution in [0.15, 0.2) is 23.1 Å². The SMILES string of the molecule is Nc1cc(S(=O)(=O)NC2CCN3CCCCC23)ccc1F. The van der Waals surface area contributed by atoms with Crippen LogP contribution in [0.1, 0.15) is 25.7 Å². The molecule has 2 atom stereocenters. The summed E-state index contributed by atoms with van der Waals surface area (Å²) in [6.45, 7) is 1.98. The molecule has 0 radical (unpaired) electrons. The van der Waals surface area contributed by atoms with Crippen molar-refractivity contribution < 1.29 is 12.8 Å². The first-order valence-corrected chi connectivity index (χ1v) is 8.77. The molecule has 1 aromatic carbocycles. The molecule has 1 aromatic rings. The van der Waals surface area contributed by atoms with Gasteiger partial charge in [-0.15, -0.1) is 0 Å². The number of hydrogen-bond donors (Lipinski definition) is 2. The van der Waals surface area contributed by atoms with Gasteiger partial charge in [-0.05, 0) is 44.0 Å². The lowest BCUT2D eigenvalue weighted by Crippen LogP contribution is -2.46. The highest BCUT2D eigenvalue weighted by atomic mass is 32.2. The van der Waals surface area contributed by atoms with E-state index >= 15 is 0 Å². The fourth-order valence-electron chi connectivity index (χ4n) is 3.34. The number of sulfonamides is 1. The zero-order valence-corrected chi connectivity index (χ0v) is 12.6. The van der Waals surface area contributed by atoms with Gasteiger partial charge >= 0.3 is 0 Å². The molecule has 2 aliphatic rings. The van der Waals surface area contributed by atoms with E-state index in [1.165, 1.54) is 18.6 Å². The number of anilines is 1. The summed E-state index contributed by atoms with van der Waals surface area (Å²) in [6.07, 6.45) is 4.17. The van der Waals surface area contributed by atoms with E-state index in [0.29, 0.717) is 0 Å². The Balaban J connectivity index is 1.78. The fraction of sp³-hybridized carbons (Fsp3) is 0.571. The van der Waals surface area contributed by atoms with E-state index in [0.717, 1.165) is 38.4 Å². The quantitative estimate of drug-likeness (QED) is 0.825. The molecule has 0 spiro atoms. The van der Waals surface area contributed by atoms with E-state index in [-0.39, 0.29) is 22.7 Å². The Kier molecular flexibility index (Phi) is 3.90. The van der Waals surface area contributed by atoms with Crippen molar-refractivity contribution in [1.82, 2.24) is 9.62 Å². The van der Waals surface area contributed by atoms with Crippen LogP contribution in [0.3, 0.4) is 0 Å². The Labute approximate surface area is 124 Å². The minimum Gasteiger partial charge on any atom is -0.396 e. The first-order valence-electron chi connectivity index (χ1n) is 7.29. The Hall–Kier alpha value is -1.18. The highest BCUT2D eigenvalue weighted by molar-refractivity contribution is 7.89. The second kappa shape index (κ2) is 5.55. The number of rotatable bonds is 3. The third-order valence-corrected chi connectivity index (χ3v) is 5.93. The molecule has 2 heterocycles. The third kappa shape index (κ3) is 2.90. The first-order chi connectivity index (χ1) is 9.97. The van der Waals surface area contributed by atoms with Crippen molar-refractivity contribution in [3.63, 3.8) is 0 Å². The molecule has 0 aromatic heterocycles. The van der Waals surface area contributed by atoms with Crippen LogP contribution in [0.4, 0.5) is 10.1 Å². The standard InChI is InChI=1S/C14H20FN3O2S/c15-11-5-4-10(9-12(11)16)21(19,20)17-13-6-8-18-7-2-1-3-14(13)18/h4-5,9,13-14,17H,1-3,6-8,16H2. The minimum absolute atomic E-state index is 0.0238. The summed E-state index contributed by atoms with van der Waals surface area (Å²) in [6, 6.07) is 3.73. The molecule has 0 aliphatic carbocycles. The second-order valence-corrected chi connectivity index (χ2v) is 7.51. The molecule has 0 bridgehead atoms. The van der Waals surface area contributed by atoms with Gasteiger partial charge < -0.3 is 5.73 Å². The molecule has 3 N–H and O–H groups in total. The maximum absolute atomic E-state index is 13.2. The monoisotopic (exact) mass is 313 g/mol. The number of nitrogens with zero attached hydrogens (tertiary/aromatic N) is 1. The summed E-state index contributed by atoms with van der Waals surface area (Å²) in [5, 5.41) is 0. The average molecular weight is 313 g/mol. The number of piperidine rings is 1.